The van der Waals surface area contributed by atoms with E-state index in [1.54, 1.807) is 12.1 Å². The Bertz CT molecular complexity index is 596. The summed E-state index contributed by atoms with van der Waals surface area (Å²) in [6, 6.07) is 12.3. The number of benzene rings is 2. The second kappa shape index (κ2) is 5.23. The van der Waals surface area contributed by atoms with Crippen molar-refractivity contribution in [1.29, 1.82) is 0 Å². The van der Waals surface area contributed by atoms with Gasteiger partial charge in [0.05, 0.1) is 5.56 Å². The predicted octanol–water partition coefficient (Wildman–Crippen LogP) is 3.72. The quantitative estimate of drug-likeness (QED) is 0.888. The lowest BCUT2D eigenvalue weighted by Crippen LogP contribution is -2.12. The molecule has 18 heavy (non-hydrogen) atoms. The molecule has 0 heterocycles. The summed E-state index contributed by atoms with van der Waals surface area (Å²) in [5.41, 5.74) is 1.97. The van der Waals surface area contributed by atoms with Gasteiger partial charge in [0.15, 0.2) is 0 Å². The fourth-order valence-corrected chi connectivity index (χ4v) is 1.95. The van der Waals surface area contributed by atoms with Crippen LogP contribution in [0.2, 0.25) is 0 Å². The van der Waals surface area contributed by atoms with Gasteiger partial charge in [-0.15, -0.1) is 0 Å². The average molecular weight is 306 g/mol. The van der Waals surface area contributed by atoms with E-state index >= 15 is 0 Å². The highest BCUT2D eigenvalue weighted by Crippen LogP contribution is 2.23. The molecular weight excluding hydrogens is 294 g/mol. The van der Waals surface area contributed by atoms with Crippen LogP contribution >= 0.6 is 15.9 Å². The number of amides is 1. The smallest absolute Gasteiger partial charge is 0.259 e. The Morgan fingerprint density at radius 2 is 1.94 bits per heavy atom. The molecule has 0 unspecified atom stereocenters. The van der Waals surface area contributed by atoms with Crippen molar-refractivity contribution in [2.75, 3.05) is 5.32 Å². The summed E-state index contributed by atoms with van der Waals surface area (Å²) in [5.74, 6) is -0.371. The van der Waals surface area contributed by atoms with E-state index in [1.807, 2.05) is 31.2 Å². The first kappa shape index (κ1) is 12.6. The van der Waals surface area contributed by atoms with Crippen LogP contribution in [0.5, 0.6) is 5.75 Å². The molecule has 2 N–H and O–H groups in total. The Balaban J connectivity index is 2.25. The van der Waals surface area contributed by atoms with Gasteiger partial charge >= 0.3 is 0 Å². The zero-order valence-corrected chi connectivity index (χ0v) is 11.4. The normalized spacial score (nSPS) is 10.1. The maximum absolute atomic E-state index is 12.0. The highest BCUT2D eigenvalue weighted by Gasteiger charge is 2.12. The molecule has 0 saturated heterocycles. The molecule has 2 aromatic rings. The third-order valence-corrected chi connectivity index (χ3v) is 3.09. The van der Waals surface area contributed by atoms with Gasteiger partial charge in [-0.05, 0) is 36.8 Å². The number of aryl methyl sites for hydroxylation is 1. The topological polar surface area (TPSA) is 49.3 Å². The summed E-state index contributed by atoms with van der Waals surface area (Å²) >= 11 is 3.23. The minimum atomic E-state index is -0.325. The Hall–Kier alpha value is -1.81. The molecule has 0 spiro atoms. The van der Waals surface area contributed by atoms with E-state index in [0.717, 1.165) is 15.7 Å². The zero-order chi connectivity index (χ0) is 13.1. The van der Waals surface area contributed by atoms with Gasteiger partial charge in [0.2, 0.25) is 0 Å². The maximum Gasteiger partial charge on any atom is 0.259 e. The molecule has 0 fully saturated rings. The molecule has 0 aliphatic carbocycles. The van der Waals surface area contributed by atoms with Crippen LogP contribution in [-0.2, 0) is 0 Å². The first-order valence-electron chi connectivity index (χ1n) is 5.43. The minimum Gasteiger partial charge on any atom is -0.507 e. The van der Waals surface area contributed by atoms with Crippen LogP contribution in [0.3, 0.4) is 0 Å². The first-order chi connectivity index (χ1) is 8.58. The standard InChI is InChI=1S/C14H12BrNO2/c1-9-4-2-3-5-12(9)16-14(18)11-7-6-10(15)8-13(11)17/h2-8,17H,1H3,(H,16,18). The van der Waals surface area contributed by atoms with Gasteiger partial charge in [0.1, 0.15) is 5.75 Å². The predicted molar refractivity (Wildman–Crippen MR) is 74.9 cm³/mol. The first-order valence-corrected chi connectivity index (χ1v) is 6.23. The molecule has 0 aliphatic rings. The number of hydrogen-bond donors (Lipinski definition) is 2. The van der Waals surface area contributed by atoms with Crippen LogP contribution in [-0.4, -0.2) is 11.0 Å². The van der Waals surface area contributed by atoms with Crippen LogP contribution in [0.25, 0.3) is 0 Å². The molecule has 1 amide bonds. The molecule has 3 nitrogen and oxygen atoms in total. The van der Waals surface area contributed by atoms with Crippen molar-refractivity contribution >= 4 is 27.5 Å². The van der Waals surface area contributed by atoms with Gasteiger partial charge < -0.3 is 10.4 Å². The summed E-state index contributed by atoms with van der Waals surface area (Å²) in [4.78, 5) is 12.0. The number of para-hydroxylation sites is 1. The number of phenolic OH excluding ortho intramolecular Hbond substituents is 1. The molecule has 0 bridgehead atoms. The van der Waals surface area contributed by atoms with Gasteiger partial charge in [0, 0.05) is 10.2 Å². The van der Waals surface area contributed by atoms with Crippen LogP contribution in [0.15, 0.2) is 46.9 Å². The largest absolute Gasteiger partial charge is 0.507 e. The Morgan fingerprint density at radius 1 is 1.22 bits per heavy atom. The number of hydrogen-bond acceptors (Lipinski definition) is 2. The van der Waals surface area contributed by atoms with E-state index < -0.39 is 0 Å². The van der Waals surface area contributed by atoms with Crippen molar-refractivity contribution in [2.45, 2.75) is 6.92 Å². The second-order valence-electron chi connectivity index (χ2n) is 3.93. The van der Waals surface area contributed by atoms with E-state index in [1.165, 1.54) is 6.07 Å². The highest BCUT2D eigenvalue weighted by molar-refractivity contribution is 9.10. The van der Waals surface area contributed by atoms with E-state index in [4.69, 9.17) is 0 Å². The lowest BCUT2D eigenvalue weighted by Gasteiger charge is -2.09. The number of aromatic hydroxyl groups is 1. The van der Waals surface area contributed by atoms with Crippen molar-refractivity contribution in [3.8, 4) is 5.75 Å². The van der Waals surface area contributed by atoms with Gasteiger partial charge in [-0.3, -0.25) is 4.79 Å². The number of anilines is 1. The lowest BCUT2D eigenvalue weighted by molar-refractivity contribution is 0.102. The lowest BCUT2D eigenvalue weighted by atomic mass is 10.1. The molecule has 2 rings (SSSR count). The number of carbonyl (C=O) groups is 1. The van der Waals surface area contributed by atoms with E-state index in [0.29, 0.717) is 0 Å². The van der Waals surface area contributed by atoms with Crippen LogP contribution in [0, 0.1) is 6.92 Å². The van der Waals surface area contributed by atoms with E-state index in [-0.39, 0.29) is 17.2 Å². The Kier molecular flexibility index (Phi) is 3.67. The van der Waals surface area contributed by atoms with Crippen molar-refractivity contribution < 1.29 is 9.90 Å². The zero-order valence-electron chi connectivity index (χ0n) is 9.77. The Labute approximate surface area is 114 Å². The monoisotopic (exact) mass is 305 g/mol. The number of nitrogens with one attached hydrogen (secondary N) is 1. The fraction of sp³-hybridized carbons (Fsp3) is 0.0714. The van der Waals surface area contributed by atoms with Crippen LogP contribution in [0.1, 0.15) is 15.9 Å². The molecule has 4 heteroatoms. The third kappa shape index (κ3) is 2.71. The second-order valence-corrected chi connectivity index (χ2v) is 4.85. The molecule has 0 atom stereocenters. The number of phenols is 1. The van der Waals surface area contributed by atoms with Crippen LogP contribution in [0.4, 0.5) is 5.69 Å². The summed E-state index contributed by atoms with van der Waals surface area (Å²) in [6.45, 7) is 1.91. The van der Waals surface area contributed by atoms with Crippen molar-refractivity contribution in [3.05, 3.63) is 58.1 Å². The van der Waals surface area contributed by atoms with Gasteiger partial charge in [0.25, 0.3) is 5.91 Å². The van der Waals surface area contributed by atoms with Crippen molar-refractivity contribution in [2.24, 2.45) is 0 Å². The van der Waals surface area contributed by atoms with Crippen molar-refractivity contribution in [3.63, 3.8) is 0 Å². The van der Waals surface area contributed by atoms with Gasteiger partial charge in [-0.1, -0.05) is 34.1 Å². The Morgan fingerprint density at radius 3 is 2.61 bits per heavy atom. The summed E-state index contributed by atoms with van der Waals surface area (Å²) in [5, 5.41) is 12.5. The molecule has 92 valence electrons. The molecular formula is C14H12BrNO2. The highest BCUT2D eigenvalue weighted by atomic mass is 79.9. The molecule has 0 saturated carbocycles. The molecule has 0 aliphatic heterocycles. The van der Waals surface area contributed by atoms with Crippen molar-refractivity contribution in [1.82, 2.24) is 0 Å². The summed E-state index contributed by atoms with van der Waals surface area (Å²) in [6.07, 6.45) is 0. The fourth-order valence-electron chi connectivity index (χ4n) is 1.60. The number of carbonyl (C=O) groups excluding carboxylic acids is 1. The molecule has 2 aromatic carbocycles. The van der Waals surface area contributed by atoms with E-state index in [2.05, 4.69) is 21.2 Å². The van der Waals surface area contributed by atoms with Gasteiger partial charge in [-0.2, -0.15) is 0 Å². The SMILES string of the molecule is Cc1ccccc1NC(=O)c1ccc(Br)cc1O. The summed E-state index contributed by atoms with van der Waals surface area (Å²) < 4.78 is 0.729. The number of rotatable bonds is 2. The van der Waals surface area contributed by atoms with E-state index in [9.17, 15) is 9.90 Å². The number of halogens is 1. The van der Waals surface area contributed by atoms with Gasteiger partial charge in [-0.25, -0.2) is 0 Å². The average Bonchev–Trinajstić information content (AvgIpc) is 2.32. The molecule has 0 radical (unpaired) electrons. The summed E-state index contributed by atoms with van der Waals surface area (Å²) in [7, 11) is 0. The maximum atomic E-state index is 12.0. The third-order valence-electron chi connectivity index (χ3n) is 2.60. The van der Waals surface area contributed by atoms with Crippen LogP contribution < -0.4 is 5.32 Å². The minimum absolute atomic E-state index is 0.0459. The molecule has 0 aromatic heterocycles.